The predicted octanol–water partition coefficient (Wildman–Crippen LogP) is 1.02. The number of nitrogens with zero attached hydrogens (tertiary/aromatic N) is 2. The van der Waals surface area contributed by atoms with E-state index in [-0.39, 0.29) is 18.4 Å². The first-order valence-corrected chi connectivity index (χ1v) is 6.83. The Labute approximate surface area is 114 Å². The van der Waals surface area contributed by atoms with Crippen molar-refractivity contribution in [2.45, 2.75) is 13.3 Å². The Hall–Kier alpha value is -1.73. The molecule has 0 aliphatic rings. The van der Waals surface area contributed by atoms with Crippen LogP contribution in [0, 0.1) is 5.92 Å². The molecule has 0 saturated heterocycles. The van der Waals surface area contributed by atoms with E-state index in [1.807, 2.05) is 6.92 Å². The quantitative estimate of drug-likeness (QED) is 0.759. The van der Waals surface area contributed by atoms with Gasteiger partial charge in [-0.05, 0) is 12.3 Å². The molecule has 6 nitrogen and oxygen atoms in total. The second-order valence-corrected chi connectivity index (χ2v) is 5.38. The topological polar surface area (TPSA) is 101 Å². The summed E-state index contributed by atoms with van der Waals surface area (Å²) >= 11 is 1.24. The summed E-state index contributed by atoms with van der Waals surface area (Å²) in [6.07, 6.45) is 3.78. The maximum atomic E-state index is 12.0. The lowest BCUT2D eigenvalue weighted by atomic mass is 10.1. The number of fused-ring (bicyclic) bond motifs is 1. The molecule has 2 aromatic rings. The van der Waals surface area contributed by atoms with Crippen molar-refractivity contribution < 1.29 is 9.90 Å². The van der Waals surface area contributed by atoms with Gasteiger partial charge in [0.25, 0.3) is 5.91 Å². The largest absolute Gasteiger partial charge is 0.396 e. The molecular weight excluding hydrogens is 264 g/mol. The second kappa shape index (κ2) is 5.94. The van der Waals surface area contributed by atoms with E-state index in [0.717, 1.165) is 0 Å². The van der Waals surface area contributed by atoms with Crippen LogP contribution < -0.4 is 11.1 Å². The highest BCUT2D eigenvalue weighted by Gasteiger charge is 2.18. The summed E-state index contributed by atoms with van der Waals surface area (Å²) in [5.41, 5.74) is 6.86. The molecule has 1 amide bonds. The Bertz CT molecular complexity index is 584. The molecule has 0 radical (unpaired) electrons. The van der Waals surface area contributed by atoms with Gasteiger partial charge in [0.2, 0.25) is 0 Å². The highest BCUT2D eigenvalue weighted by Crippen LogP contribution is 2.30. The Morgan fingerprint density at radius 3 is 2.95 bits per heavy atom. The molecular formula is C12H16N4O2S. The third-order valence-electron chi connectivity index (χ3n) is 2.80. The Morgan fingerprint density at radius 1 is 1.53 bits per heavy atom. The van der Waals surface area contributed by atoms with E-state index < -0.39 is 0 Å². The molecule has 0 spiro atoms. The number of nitrogens with one attached hydrogen (secondary N) is 1. The van der Waals surface area contributed by atoms with Crippen molar-refractivity contribution in [1.82, 2.24) is 15.3 Å². The fraction of sp³-hybridized carbons (Fsp3) is 0.417. The summed E-state index contributed by atoms with van der Waals surface area (Å²) in [7, 11) is 0. The van der Waals surface area contributed by atoms with Gasteiger partial charge in [-0.2, -0.15) is 0 Å². The zero-order valence-electron chi connectivity index (χ0n) is 10.6. The predicted molar refractivity (Wildman–Crippen MR) is 75.0 cm³/mol. The third-order valence-corrected chi connectivity index (χ3v) is 3.90. The Kier molecular flexibility index (Phi) is 4.28. The van der Waals surface area contributed by atoms with Crippen molar-refractivity contribution in [3.8, 4) is 0 Å². The third kappa shape index (κ3) is 2.99. The lowest BCUT2D eigenvalue weighted by Gasteiger charge is -2.10. The number of aliphatic hydroxyl groups is 1. The first-order valence-electron chi connectivity index (χ1n) is 6.01. The summed E-state index contributed by atoms with van der Waals surface area (Å²) in [5.74, 6) is 0.00731. The number of carbonyl (C=O) groups is 1. The Morgan fingerprint density at radius 2 is 2.26 bits per heavy atom. The maximum absolute atomic E-state index is 12.0. The number of nitrogen functional groups attached to an aromatic ring is 1. The number of amides is 1. The van der Waals surface area contributed by atoms with Crippen LogP contribution >= 0.6 is 11.3 Å². The zero-order valence-corrected chi connectivity index (χ0v) is 11.4. The summed E-state index contributed by atoms with van der Waals surface area (Å²) in [5, 5.41) is 11.6. The monoisotopic (exact) mass is 280 g/mol. The zero-order chi connectivity index (χ0) is 13.8. The van der Waals surface area contributed by atoms with E-state index in [1.54, 1.807) is 12.4 Å². The molecule has 4 N–H and O–H groups in total. The van der Waals surface area contributed by atoms with Crippen molar-refractivity contribution in [3.05, 3.63) is 17.3 Å². The van der Waals surface area contributed by atoms with Gasteiger partial charge in [-0.1, -0.05) is 6.92 Å². The fourth-order valence-electron chi connectivity index (χ4n) is 1.68. The number of anilines is 1. The summed E-state index contributed by atoms with van der Waals surface area (Å²) in [4.78, 5) is 21.4. The van der Waals surface area contributed by atoms with Gasteiger partial charge in [0.1, 0.15) is 15.2 Å². The van der Waals surface area contributed by atoms with Gasteiger partial charge in [-0.3, -0.25) is 4.79 Å². The highest BCUT2D eigenvalue weighted by atomic mass is 32.1. The molecule has 0 aliphatic carbocycles. The number of rotatable bonds is 5. The van der Waals surface area contributed by atoms with Crippen LogP contribution in [0.2, 0.25) is 0 Å². The molecule has 0 saturated carbocycles. The average molecular weight is 280 g/mol. The lowest BCUT2D eigenvalue weighted by molar-refractivity contribution is 0.0950. The maximum Gasteiger partial charge on any atom is 0.263 e. The number of nitrogens with two attached hydrogens (primary N) is 1. The molecule has 2 aromatic heterocycles. The normalized spacial score (nSPS) is 12.5. The number of aliphatic hydroxyl groups excluding tert-OH is 1. The van der Waals surface area contributed by atoms with E-state index in [9.17, 15) is 4.79 Å². The number of hydrogen-bond donors (Lipinski definition) is 3. The van der Waals surface area contributed by atoms with E-state index >= 15 is 0 Å². The fourth-order valence-corrected chi connectivity index (χ4v) is 2.62. The molecule has 1 unspecified atom stereocenters. The minimum absolute atomic E-state index is 0.121. The molecule has 0 bridgehead atoms. The van der Waals surface area contributed by atoms with Gasteiger partial charge in [0.15, 0.2) is 0 Å². The summed E-state index contributed by atoms with van der Waals surface area (Å²) in [6.45, 7) is 2.59. The van der Waals surface area contributed by atoms with Gasteiger partial charge < -0.3 is 16.2 Å². The minimum Gasteiger partial charge on any atom is -0.396 e. The molecule has 0 aliphatic heterocycles. The van der Waals surface area contributed by atoms with Gasteiger partial charge in [-0.15, -0.1) is 11.3 Å². The number of thiophene rings is 1. The lowest BCUT2D eigenvalue weighted by Crippen LogP contribution is -2.28. The van der Waals surface area contributed by atoms with Crippen molar-refractivity contribution in [2.75, 3.05) is 18.9 Å². The van der Waals surface area contributed by atoms with Crippen LogP contribution in [0.4, 0.5) is 5.69 Å². The smallest absolute Gasteiger partial charge is 0.263 e. The first kappa shape index (κ1) is 13.7. The van der Waals surface area contributed by atoms with Crippen molar-refractivity contribution in [2.24, 2.45) is 5.92 Å². The summed E-state index contributed by atoms with van der Waals surface area (Å²) in [6, 6.07) is 0. The van der Waals surface area contributed by atoms with Gasteiger partial charge in [-0.25, -0.2) is 9.97 Å². The number of hydrogen-bond acceptors (Lipinski definition) is 6. The van der Waals surface area contributed by atoms with Crippen molar-refractivity contribution in [1.29, 1.82) is 0 Å². The number of carbonyl (C=O) groups excluding carboxylic acids is 1. The minimum atomic E-state index is -0.216. The van der Waals surface area contributed by atoms with Crippen LogP contribution in [0.25, 0.3) is 10.3 Å². The van der Waals surface area contributed by atoms with Crippen LogP contribution in [-0.2, 0) is 0 Å². The number of aromatic nitrogens is 2. The van der Waals surface area contributed by atoms with Crippen molar-refractivity contribution in [3.63, 3.8) is 0 Å². The van der Waals surface area contributed by atoms with Crippen LogP contribution in [0.5, 0.6) is 0 Å². The van der Waals surface area contributed by atoms with E-state index in [2.05, 4.69) is 15.3 Å². The van der Waals surface area contributed by atoms with Gasteiger partial charge in [0, 0.05) is 25.5 Å². The molecule has 19 heavy (non-hydrogen) atoms. The highest BCUT2D eigenvalue weighted by molar-refractivity contribution is 7.21. The molecule has 0 aromatic carbocycles. The second-order valence-electron chi connectivity index (χ2n) is 4.38. The van der Waals surface area contributed by atoms with Gasteiger partial charge >= 0.3 is 0 Å². The molecule has 1 atom stereocenters. The average Bonchev–Trinajstić information content (AvgIpc) is 2.74. The molecule has 2 rings (SSSR count). The van der Waals surface area contributed by atoms with Crippen LogP contribution in [0.15, 0.2) is 12.4 Å². The van der Waals surface area contributed by atoms with E-state index in [1.165, 1.54) is 11.3 Å². The SMILES string of the molecule is CC(CCO)CNC(=O)c1sc2nccnc2c1N. The Balaban J connectivity index is 2.11. The van der Waals surface area contributed by atoms with Crippen LogP contribution in [0.3, 0.4) is 0 Å². The molecule has 102 valence electrons. The summed E-state index contributed by atoms with van der Waals surface area (Å²) < 4.78 is 0. The van der Waals surface area contributed by atoms with Crippen LogP contribution in [-0.4, -0.2) is 34.1 Å². The molecule has 2 heterocycles. The molecule has 7 heteroatoms. The van der Waals surface area contributed by atoms with Crippen molar-refractivity contribution >= 4 is 33.3 Å². The standard InChI is InChI=1S/C12H16N4O2S/c1-7(2-5-17)6-16-11(18)10-8(13)9-12(19-10)15-4-3-14-9/h3-4,7,17H,2,5-6,13H2,1H3,(H,16,18). The van der Waals surface area contributed by atoms with E-state index in [0.29, 0.717) is 33.9 Å². The first-order chi connectivity index (χ1) is 9.13. The van der Waals surface area contributed by atoms with E-state index in [4.69, 9.17) is 10.8 Å². The van der Waals surface area contributed by atoms with Crippen LogP contribution in [0.1, 0.15) is 23.0 Å². The molecule has 0 fully saturated rings. The van der Waals surface area contributed by atoms with Gasteiger partial charge in [0.05, 0.1) is 5.69 Å².